The summed E-state index contributed by atoms with van der Waals surface area (Å²) in [6.45, 7) is 0.435. The fourth-order valence-corrected chi connectivity index (χ4v) is 3.85. The van der Waals surface area contributed by atoms with Gasteiger partial charge in [0.05, 0.1) is 17.9 Å². The number of nitrogens with zero attached hydrogens (tertiary/aromatic N) is 2. The Bertz CT molecular complexity index is 1040. The zero-order valence-corrected chi connectivity index (χ0v) is 15.3. The Morgan fingerprint density at radius 2 is 2.04 bits per heavy atom. The molecule has 0 saturated heterocycles. The maximum Gasteiger partial charge on any atom is 0.416 e. The molecule has 0 amide bonds. The van der Waals surface area contributed by atoms with Crippen molar-refractivity contribution < 1.29 is 27.8 Å². The van der Waals surface area contributed by atoms with Crippen LogP contribution in [0, 0.1) is 5.92 Å². The minimum absolute atomic E-state index is 0.0358. The summed E-state index contributed by atoms with van der Waals surface area (Å²) in [5, 5.41) is 9.65. The summed E-state index contributed by atoms with van der Waals surface area (Å²) in [7, 11) is 0. The Hall–Kier alpha value is -2.68. The third-order valence-corrected chi connectivity index (χ3v) is 5.74. The van der Waals surface area contributed by atoms with E-state index in [0.29, 0.717) is 22.7 Å². The van der Waals surface area contributed by atoms with E-state index in [1.165, 1.54) is 18.2 Å². The Kier molecular flexibility index (Phi) is 4.70. The average Bonchev–Trinajstić information content (AvgIpc) is 3.03. The number of hydrogen-bond acceptors (Lipinski definition) is 5. The second-order valence-corrected chi connectivity index (χ2v) is 7.71. The lowest BCUT2D eigenvalue weighted by atomic mass is 9.86. The topological polar surface area (TPSA) is 72.3 Å². The number of fused-ring (bicyclic) bond motifs is 1. The molecule has 9 heteroatoms. The smallest absolute Gasteiger partial charge is 0.416 e. The second kappa shape index (κ2) is 7.05. The number of thiophene rings is 1. The van der Waals surface area contributed by atoms with E-state index < -0.39 is 17.7 Å². The maximum atomic E-state index is 13.1. The minimum atomic E-state index is -4.49. The van der Waals surface area contributed by atoms with Gasteiger partial charge >= 0.3 is 18.2 Å². The van der Waals surface area contributed by atoms with Crippen molar-refractivity contribution in [3.05, 3.63) is 40.8 Å². The molecule has 2 heterocycles. The van der Waals surface area contributed by atoms with Crippen molar-refractivity contribution in [2.24, 2.45) is 5.92 Å². The second-order valence-electron chi connectivity index (χ2n) is 6.68. The number of halogens is 3. The lowest BCUT2D eigenvalue weighted by Gasteiger charge is -2.24. The molecule has 28 heavy (non-hydrogen) atoms. The standard InChI is InChI=1S/C19H15F3N2O3S/c20-19(21,22)12-6-2-5-11(7-12)15-13-8-14(17(25)26)28-16(13)24-18(23-15)27-9-10-3-1-4-10/h2,5-8,10H,1,3-4,9H2,(H,25,26). The molecule has 1 aliphatic carbocycles. The molecule has 1 fully saturated rings. The largest absolute Gasteiger partial charge is 0.477 e. The van der Waals surface area contributed by atoms with E-state index in [0.717, 1.165) is 42.7 Å². The molecule has 146 valence electrons. The molecule has 0 spiro atoms. The van der Waals surface area contributed by atoms with Gasteiger partial charge in [0, 0.05) is 10.9 Å². The third-order valence-electron chi connectivity index (χ3n) is 4.72. The van der Waals surface area contributed by atoms with E-state index in [9.17, 15) is 23.1 Å². The molecule has 1 aliphatic rings. The normalized spacial score (nSPS) is 14.8. The molecular weight excluding hydrogens is 393 g/mol. The van der Waals surface area contributed by atoms with E-state index >= 15 is 0 Å². The lowest BCUT2D eigenvalue weighted by molar-refractivity contribution is -0.137. The van der Waals surface area contributed by atoms with Gasteiger partial charge in [-0.3, -0.25) is 0 Å². The number of rotatable bonds is 5. The van der Waals surface area contributed by atoms with Crippen LogP contribution in [-0.4, -0.2) is 27.7 Å². The number of alkyl halides is 3. The minimum Gasteiger partial charge on any atom is -0.477 e. The van der Waals surface area contributed by atoms with Crippen LogP contribution in [-0.2, 0) is 6.18 Å². The molecule has 0 bridgehead atoms. The zero-order valence-electron chi connectivity index (χ0n) is 14.5. The van der Waals surface area contributed by atoms with Crippen LogP contribution in [0.1, 0.15) is 34.5 Å². The number of carboxylic acid groups (broad SMARTS) is 1. The maximum absolute atomic E-state index is 13.1. The van der Waals surface area contributed by atoms with E-state index in [1.54, 1.807) is 0 Å². The Morgan fingerprint density at radius 3 is 2.68 bits per heavy atom. The van der Waals surface area contributed by atoms with Crippen molar-refractivity contribution in [2.75, 3.05) is 6.61 Å². The molecule has 4 rings (SSSR count). The highest BCUT2D eigenvalue weighted by atomic mass is 32.1. The van der Waals surface area contributed by atoms with Crippen molar-refractivity contribution in [1.29, 1.82) is 0 Å². The molecule has 1 saturated carbocycles. The van der Waals surface area contributed by atoms with Gasteiger partial charge in [-0.1, -0.05) is 18.6 Å². The predicted octanol–water partition coefficient (Wildman–Crippen LogP) is 5.25. The van der Waals surface area contributed by atoms with Crippen LogP contribution < -0.4 is 4.74 Å². The van der Waals surface area contributed by atoms with Crippen LogP contribution >= 0.6 is 11.3 Å². The van der Waals surface area contributed by atoms with Gasteiger partial charge in [0.2, 0.25) is 0 Å². The third kappa shape index (κ3) is 3.66. The summed E-state index contributed by atoms with van der Waals surface area (Å²) in [6.07, 6.45) is -1.22. The number of aromatic nitrogens is 2. The van der Waals surface area contributed by atoms with Crippen molar-refractivity contribution in [3.63, 3.8) is 0 Å². The molecule has 0 unspecified atom stereocenters. The summed E-state index contributed by atoms with van der Waals surface area (Å²) >= 11 is 0.939. The number of hydrogen-bond donors (Lipinski definition) is 1. The van der Waals surface area contributed by atoms with E-state index in [1.807, 2.05) is 0 Å². The Morgan fingerprint density at radius 1 is 1.25 bits per heavy atom. The number of carboxylic acids is 1. The Balaban J connectivity index is 1.81. The first-order valence-electron chi connectivity index (χ1n) is 8.66. The molecule has 0 radical (unpaired) electrons. The van der Waals surface area contributed by atoms with E-state index in [4.69, 9.17) is 4.74 Å². The van der Waals surface area contributed by atoms with Gasteiger partial charge in [-0.05, 0) is 37.0 Å². The zero-order chi connectivity index (χ0) is 19.9. The predicted molar refractivity (Wildman–Crippen MR) is 97.6 cm³/mol. The molecule has 3 aromatic rings. The van der Waals surface area contributed by atoms with Crippen LogP contribution in [0.2, 0.25) is 0 Å². The fourth-order valence-electron chi connectivity index (χ4n) is 2.99. The van der Waals surface area contributed by atoms with Gasteiger partial charge in [0.25, 0.3) is 0 Å². The van der Waals surface area contributed by atoms with Crippen LogP contribution in [0.15, 0.2) is 30.3 Å². The average molecular weight is 408 g/mol. The molecule has 0 aliphatic heterocycles. The van der Waals surface area contributed by atoms with Crippen molar-refractivity contribution in [2.45, 2.75) is 25.4 Å². The highest BCUT2D eigenvalue weighted by Crippen LogP contribution is 2.37. The van der Waals surface area contributed by atoms with Gasteiger partial charge in [-0.15, -0.1) is 11.3 Å². The van der Waals surface area contributed by atoms with E-state index in [-0.39, 0.29) is 22.1 Å². The van der Waals surface area contributed by atoms with Crippen LogP contribution in [0.5, 0.6) is 6.01 Å². The highest BCUT2D eigenvalue weighted by Gasteiger charge is 2.31. The Labute approximate surface area is 161 Å². The molecular formula is C19H15F3N2O3S. The summed E-state index contributed by atoms with van der Waals surface area (Å²) in [6, 6.07) is 6.21. The van der Waals surface area contributed by atoms with Crippen LogP contribution in [0.3, 0.4) is 0 Å². The van der Waals surface area contributed by atoms with Gasteiger partial charge < -0.3 is 9.84 Å². The first kappa shape index (κ1) is 18.7. The quantitative estimate of drug-likeness (QED) is 0.624. The number of benzene rings is 1. The van der Waals surface area contributed by atoms with Crippen LogP contribution in [0.25, 0.3) is 21.5 Å². The number of aromatic carboxylic acids is 1. The molecule has 1 N–H and O–H groups in total. The van der Waals surface area contributed by atoms with Crippen molar-refractivity contribution >= 4 is 27.5 Å². The van der Waals surface area contributed by atoms with E-state index in [2.05, 4.69) is 9.97 Å². The van der Waals surface area contributed by atoms with Crippen molar-refractivity contribution in [3.8, 4) is 17.3 Å². The molecule has 1 aromatic carbocycles. The van der Waals surface area contributed by atoms with Crippen LogP contribution in [0.4, 0.5) is 13.2 Å². The first-order chi connectivity index (χ1) is 13.3. The number of ether oxygens (including phenoxy) is 1. The monoisotopic (exact) mass is 408 g/mol. The summed E-state index contributed by atoms with van der Waals surface area (Å²) in [5.74, 6) is -0.704. The summed E-state index contributed by atoms with van der Waals surface area (Å²) < 4.78 is 45.0. The summed E-state index contributed by atoms with van der Waals surface area (Å²) in [4.78, 5) is 20.3. The SMILES string of the molecule is O=C(O)c1cc2c(-c3cccc(C(F)(F)F)c3)nc(OCC3CCC3)nc2s1. The molecule has 2 aromatic heterocycles. The lowest BCUT2D eigenvalue weighted by Crippen LogP contribution is -2.20. The van der Waals surface area contributed by atoms with Gasteiger partial charge in [-0.25, -0.2) is 4.79 Å². The van der Waals surface area contributed by atoms with Gasteiger partial charge in [0.15, 0.2) is 0 Å². The number of carbonyl (C=O) groups is 1. The summed E-state index contributed by atoms with van der Waals surface area (Å²) in [5.41, 5.74) is -0.351. The van der Waals surface area contributed by atoms with Crippen molar-refractivity contribution in [1.82, 2.24) is 9.97 Å². The molecule has 0 atom stereocenters. The van der Waals surface area contributed by atoms with Gasteiger partial charge in [0.1, 0.15) is 9.71 Å². The fraction of sp³-hybridized carbons (Fsp3) is 0.316. The van der Waals surface area contributed by atoms with Gasteiger partial charge in [-0.2, -0.15) is 23.1 Å². The highest BCUT2D eigenvalue weighted by molar-refractivity contribution is 7.20. The molecule has 5 nitrogen and oxygen atoms in total. The first-order valence-corrected chi connectivity index (χ1v) is 9.48.